The van der Waals surface area contributed by atoms with E-state index in [4.69, 9.17) is 0 Å². The molecule has 0 saturated heterocycles. The Balaban J connectivity index is 1.78. The van der Waals surface area contributed by atoms with Gasteiger partial charge in [-0.25, -0.2) is 4.79 Å². The lowest BCUT2D eigenvalue weighted by molar-refractivity contribution is -0.142. The molecule has 3 aromatic rings. The molecule has 0 radical (unpaired) electrons. The van der Waals surface area contributed by atoms with E-state index in [1.54, 1.807) is 11.7 Å². The van der Waals surface area contributed by atoms with Crippen molar-refractivity contribution in [2.24, 2.45) is 7.05 Å². The Kier molecular flexibility index (Phi) is 3.53. The SMILES string of the molecule is Cn1nc(C(=O)N2Cc3ccccc3C[C@H]2C(=O)O)c2ccccc21. The highest BCUT2D eigenvalue weighted by Gasteiger charge is 2.36. The van der Waals surface area contributed by atoms with Crippen LogP contribution in [0.15, 0.2) is 48.5 Å². The molecule has 0 bridgehead atoms. The third kappa shape index (κ3) is 2.46. The van der Waals surface area contributed by atoms with Gasteiger partial charge in [0.1, 0.15) is 6.04 Å². The van der Waals surface area contributed by atoms with Gasteiger partial charge in [-0.15, -0.1) is 0 Å². The van der Waals surface area contributed by atoms with E-state index in [9.17, 15) is 14.7 Å². The van der Waals surface area contributed by atoms with Crippen molar-refractivity contribution in [1.29, 1.82) is 0 Å². The summed E-state index contributed by atoms with van der Waals surface area (Å²) in [5.74, 6) is -1.35. The van der Waals surface area contributed by atoms with Crippen LogP contribution in [-0.2, 0) is 24.8 Å². The lowest BCUT2D eigenvalue weighted by Gasteiger charge is -2.34. The Bertz CT molecular complexity index is 992. The van der Waals surface area contributed by atoms with Crippen molar-refractivity contribution in [3.8, 4) is 0 Å². The minimum Gasteiger partial charge on any atom is -0.480 e. The Morgan fingerprint density at radius 2 is 1.76 bits per heavy atom. The van der Waals surface area contributed by atoms with Crippen molar-refractivity contribution in [3.05, 3.63) is 65.4 Å². The summed E-state index contributed by atoms with van der Waals surface area (Å²) in [7, 11) is 1.78. The van der Waals surface area contributed by atoms with Crippen molar-refractivity contribution >= 4 is 22.8 Å². The standard InChI is InChI=1S/C19H17N3O3/c1-21-15-9-5-4-8-14(15)17(20-21)18(23)22-11-13-7-3-2-6-12(13)10-16(22)19(24)25/h2-9,16H,10-11H2,1H3,(H,24,25)/t16-/m0/s1. The van der Waals surface area contributed by atoms with Crippen LogP contribution in [0.5, 0.6) is 0 Å². The summed E-state index contributed by atoms with van der Waals surface area (Å²) < 4.78 is 1.65. The third-order valence-corrected chi connectivity index (χ3v) is 4.75. The van der Waals surface area contributed by atoms with Crippen LogP contribution in [0.2, 0.25) is 0 Å². The van der Waals surface area contributed by atoms with Gasteiger partial charge in [0.05, 0.1) is 5.52 Å². The van der Waals surface area contributed by atoms with E-state index in [2.05, 4.69) is 5.10 Å². The second kappa shape index (κ2) is 5.73. The van der Waals surface area contributed by atoms with Crippen molar-refractivity contribution in [1.82, 2.24) is 14.7 Å². The summed E-state index contributed by atoms with van der Waals surface area (Å²) in [4.78, 5) is 26.3. The largest absolute Gasteiger partial charge is 0.480 e. The number of carboxylic acid groups (broad SMARTS) is 1. The number of aryl methyl sites for hydroxylation is 1. The van der Waals surface area contributed by atoms with Crippen molar-refractivity contribution < 1.29 is 14.7 Å². The smallest absolute Gasteiger partial charge is 0.326 e. The third-order valence-electron chi connectivity index (χ3n) is 4.75. The Morgan fingerprint density at radius 3 is 2.52 bits per heavy atom. The molecule has 1 aromatic heterocycles. The minimum atomic E-state index is -0.997. The van der Waals surface area contributed by atoms with E-state index in [1.807, 2.05) is 48.5 Å². The monoisotopic (exact) mass is 335 g/mol. The van der Waals surface area contributed by atoms with Gasteiger partial charge < -0.3 is 10.0 Å². The van der Waals surface area contributed by atoms with E-state index in [0.29, 0.717) is 12.1 Å². The van der Waals surface area contributed by atoms with E-state index in [0.717, 1.165) is 22.0 Å². The lowest BCUT2D eigenvalue weighted by atomic mass is 9.93. The highest BCUT2D eigenvalue weighted by atomic mass is 16.4. The number of carbonyl (C=O) groups excluding carboxylic acids is 1. The summed E-state index contributed by atoms with van der Waals surface area (Å²) in [6.45, 7) is 0.275. The molecule has 6 heteroatoms. The number of para-hydroxylation sites is 1. The van der Waals surface area contributed by atoms with Gasteiger partial charge in [-0.1, -0.05) is 42.5 Å². The molecule has 0 unspecified atom stereocenters. The van der Waals surface area contributed by atoms with Crippen LogP contribution in [-0.4, -0.2) is 37.7 Å². The molecule has 1 amide bonds. The van der Waals surface area contributed by atoms with Crippen molar-refractivity contribution in [2.45, 2.75) is 19.0 Å². The zero-order valence-corrected chi connectivity index (χ0v) is 13.7. The number of carbonyl (C=O) groups is 2. The van der Waals surface area contributed by atoms with E-state index in [1.165, 1.54) is 4.90 Å². The molecule has 1 aliphatic heterocycles. The summed E-state index contributed by atoms with van der Waals surface area (Å²) in [6.07, 6.45) is 0.308. The molecule has 1 aliphatic rings. The highest BCUT2D eigenvalue weighted by molar-refractivity contribution is 6.06. The first-order valence-corrected chi connectivity index (χ1v) is 8.08. The maximum atomic E-state index is 13.1. The normalized spacial score (nSPS) is 16.7. The number of benzene rings is 2. The Hall–Kier alpha value is -3.15. The van der Waals surface area contributed by atoms with Crippen LogP contribution in [0.4, 0.5) is 0 Å². The summed E-state index contributed by atoms with van der Waals surface area (Å²) in [5, 5.41) is 14.7. The Morgan fingerprint density at radius 1 is 1.08 bits per heavy atom. The first-order valence-electron chi connectivity index (χ1n) is 8.08. The average molecular weight is 335 g/mol. The second-order valence-corrected chi connectivity index (χ2v) is 6.25. The number of rotatable bonds is 2. The van der Waals surface area contributed by atoms with Crippen LogP contribution in [0, 0.1) is 0 Å². The van der Waals surface area contributed by atoms with Crippen LogP contribution in [0.3, 0.4) is 0 Å². The molecular formula is C19H17N3O3. The fourth-order valence-electron chi connectivity index (χ4n) is 3.46. The van der Waals surface area contributed by atoms with Crippen LogP contribution < -0.4 is 0 Å². The van der Waals surface area contributed by atoms with Crippen LogP contribution >= 0.6 is 0 Å². The molecule has 2 aromatic carbocycles. The quantitative estimate of drug-likeness (QED) is 0.779. The molecule has 2 heterocycles. The number of hydrogen-bond donors (Lipinski definition) is 1. The zero-order chi connectivity index (χ0) is 17.6. The number of aromatic nitrogens is 2. The van der Waals surface area contributed by atoms with Gasteiger partial charge in [-0.2, -0.15) is 5.10 Å². The number of nitrogens with zero attached hydrogens (tertiary/aromatic N) is 3. The van der Waals surface area contributed by atoms with E-state index < -0.39 is 12.0 Å². The molecule has 0 saturated carbocycles. The summed E-state index contributed by atoms with van der Waals surface area (Å²) in [6, 6.07) is 14.2. The van der Waals surface area contributed by atoms with Crippen LogP contribution in [0.1, 0.15) is 21.6 Å². The highest BCUT2D eigenvalue weighted by Crippen LogP contribution is 2.27. The van der Waals surface area contributed by atoms with Crippen molar-refractivity contribution in [2.75, 3.05) is 0 Å². The van der Waals surface area contributed by atoms with Gasteiger partial charge in [0.15, 0.2) is 5.69 Å². The first-order chi connectivity index (χ1) is 12.1. The first kappa shape index (κ1) is 15.4. The zero-order valence-electron chi connectivity index (χ0n) is 13.7. The maximum absolute atomic E-state index is 13.1. The number of fused-ring (bicyclic) bond motifs is 2. The maximum Gasteiger partial charge on any atom is 0.326 e. The van der Waals surface area contributed by atoms with Gasteiger partial charge in [0.2, 0.25) is 0 Å². The molecule has 0 aliphatic carbocycles. The van der Waals surface area contributed by atoms with Gasteiger partial charge in [-0.3, -0.25) is 9.48 Å². The van der Waals surface area contributed by atoms with Crippen LogP contribution in [0.25, 0.3) is 10.9 Å². The average Bonchev–Trinajstić information content (AvgIpc) is 2.97. The predicted molar refractivity (Wildman–Crippen MR) is 92.2 cm³/mol. The molecule has 126 valence electrons. The fourth-order valence-corrected chi connectivity index (χ4v) is 3.46. The van der Waals surface area contributed by atoms with Gasteiger partial charge in [0.25, 0.3) is 5.91 Å². The van der Waals surface area contributed by atoms with E-state index in [-0.39, 0.29) is 12.5 Å². The molecule has 1 N–H and O–H groups in total. The van der Waals surface area contributed by atoms with Crippen molar-refractivity contribution in [3.63, 3.8) is 0 Å². The number of hydrogen-bond acceptors (Lipinski definition) is 3. The second-order valence-electron chi connectivity index (χ2n) is 6.25. The topological polar surface area (TPSA) is 75.4 Å². The predicted octanol–water partition coefficient (Wildman–Crippen LogP) is 2.23. The molecule has 0 spiro atoms. The molecular weight excluding hydrogens is 318 g/mol. The fraction of sp³-hybridized carbons (Fsp3) is 0.211. The molecule has 0 fully saturated rings. The molecule has 1 atom stereocenters. The van der Waals surface area contributed by atoms with Gasteiger partial charge in [0, 0.05) is 25.4 Å². The number of carboxylic acids is 1. The van der Waals surface area contributed by atoms with Gasteiger partial charge in [-0.05, 0) is 17.2 Å². The lowest BCUT2D eigenvalue weighted by Crippen LogP contribution is -2.48. The minimum absolute atomic E-state index is 0.275. The number of aliphatic carboxylic acids is 1. The molecule has 6 nitrogen and oxygen atoms in total. The number of amides is 1. The molecule has 4 rings (SSSR count). The Labute approximate surface area is 144 Å². The summed E-state index contributed by atoms with van der Waals surface area (Å²) >= 11 is 0. The molecule has 25 heavy (non-hydrogen) atoms. The van der Waals surface area contributed by atoms with E-state index >= 15 is 0 Å². The summed E-state index contributed by atoms with van der Waals surface area (Å²) in [5.41, 5.74) is 3.09. The van der Waals surface area contributed by atoms with Gasteiger partial charge >= 0.3 is 5.97 Å².